The van der Waals surface area contributed by atoms with E-state index in [0.29, 0.717) is 11.3 Å². The van der Waals surface area contributed by atoms with Crippen LogP contribution in [-0.4, -0.2) is 23.9 Å². The average molecular weight is 291 g/mol. The van der Waals surface area contributed by atoms with Crippen molar-refractivity contribution in [3.8, 4) is 0 Å². The fourth-order valence-corrected chi connectivity index (χ4v) is 2.85. The maximum Gasteiger partial charge on any atom is 0.272 e. The summed E-state index contributed by atoms with van der Waals surface area (Å²) in [5.41, 5.74) is 0.907. The molecular formula is C15H21N3O3. The SMILES string of the molecule is CCC1(C(=O)Nc2ccc([N+](=O)[O-])c(C)c2)CCNCC1. The minimum absolute atomic E-state index is 0.0137. The third-order valence-corrected chi connectivity index (χ3v) is 4.37. The van der Waals surface area contributed by atoms with Crippen LogP contribution in [0.15, 0.2) is 18.2 Å². The lowest BCUT2D eigenvalue weighted by atomic mass is 9.76. The standard InChI is InChI=1S/C15H21N3O3/c1-3-15(6-8-16-9-7-15)14(19)17-12-4-5-13(18(20)21)11(2)10-12/h4-5,10,16H,3,6-9H2,1-2H3,(H,17,19). The molecule has 1 aromatic rings. The van der Waals surface area contributed by atoms with E-state index in [1.807, 2.05) is 6.92 Å². The molecule has 2 N–H and O–H groups in total. The Morgan fingerprint density at radius 2 is 2.10 bits per heavy atom. The second kappa shape index (κ2) is 6.22. The van der Waals surface area contributed by atoms with E-state index >= 15 is 0 Å². The van der Waals surface area contributed by atoms with Crippen LogP contribution in [0.5, 0.6) is 0 Å². The van der Waals surface area contributed by atoms with Crippen LogP contribution in [0.1, 0.15) is 31.7 Å². The Bertz CT molecular complexity index is 551. The minimum Gasteiger partial charge on any atom is -0.326 e. The van der Waals surface area contributed by atoms with Gasteiger partial charge in [0.25, 0.3) is 5.69 Å². The van der Waals surface area contributed by atoms with E-state index in [1.165, 1.54) is 6.07 Å². The van der Waals surface area contributed by atoms with Gasteiger partial charge in [-0.3, -0.25) is 14.9 Å². The number of hydrogen-bond donors (Lipinski definition) is 2. The van der Waals surface area contributed by atoms with Crippen molar-refractivity contribution in [2.75, 3.05) is 18.4 Å². The summed E-state index contributed by atoms with van der Waals surface area (Å²) in [5, 5.41) is 17.0. The van der Waals surface area contributed by atoms with Gasteiger partial charge >= 0.3 is 0 Å². The Morgan fingerprint density at radius 3 is 2.62 bits per heavy atom. The number of amides is 1. The van der Waals surface area contributed by atoms with Gasteiger partial charge in [0.05, 0.1) is 10.3 Å². The highest BCUT2D eigenvalue weighted by Crippen LogP contribution is 2.34. The third kappa shape index (κ3) is 3.21. The molecule has 1 aliphatic heterocycles. The van der Waals surface area contributed by atoms with Crippen molar-refractivity contribution in [2.24, 2.45) is 5.41 Å². The molecule has 1 aliphatic rings. The van der Waals surface area contributed by atoms with Gasteiger partial charge in [0.15, 0.2) is 0 Å². The number of rotatable bonds is 4. The van der Waals surface area contributed by atoms with Crippen molar-refractivity contribution >= 4 is 17.3 Å². The molecule has 21 heavy (non-hydrogen) atoms. The van der Waals surface area contributed by atoms with Gasteiger partial charge in [-0.15, -0.1) is 0 Å². The summed E-state index contributed by atoms with van der Waals surface area (Å²) >= 11 is 0. The Hall–Kier alpha value is -1.95. The Morgan fingerprint density at radius 1 is 1.43 bits per heavy atom. The second-order valence-corrected chi connectivity index (χ2v) is 5.60. The number of anilines is 1. The number of nitrogens with zero attached hydrogens (tertiary/aromatic N) is 1. The topological polar surface area (TPSA) is 84.3 Å². The summed E-state index contributed by atoms with van der Waals surface area (Å²) in [4.78, 5) is 23.0. The molecule has 0 bridgehead atoms. The van der Waals surface area contributed by atoms with Gasteiger partial charge in [-0.05, 0) is 51.4 Å². The van der Waals surface area contributed by atoms with E-state index in [-0.39, 0.29) is 17.0 Å². The predicted octanol–water partition coefficient (Wildman–Crippen LogP) is 2.62. The van der Waals surface area contributed by atoms with Crippen molar-refractivity contribution in [3.63, 3.8) is 0 Å². The summed E-state index contributed by atoms with van der Waals surface area (Å²) in [6, 6.07) is 4.68. The average Bonchev–Trinajstić information content (AvgIpc) is 2.47. The van der Waals surface area contributed by atoms with Crippen LogP contribution in [0.3, 0.4) is 0 Å². The lowest BCUT2D eigenvalue weighted by Crippen LogP contribution is -2.44. The first-order valence-corrected chi connectivity index (χ1v) is 7.26. The lowest BCUT2D eigenvalue weighted by molar-refractivity contribution is -0.385. The van der Waals surface area contributed by atoms with E-state index in [9.17, 15) is 14.9 Å². The number of nitro benzene ring substituents is 1. The number of nitrogens with one attached hydrogen (secondary N) is 2. The highest BCUT2D eigenvalue weighted by molar-refractivity contribution is 5.95. The van der Waals surface area contributed by atoms with Crippen LogP contribution in [0.25, 0.3) is 0 Å². The molecule has 0 radical (unpaired) electrons. The number of carbonyl (C=O) groups excluding carboxylic acids is 1. The molecule has 0 aromatic heterocycles. The van der Waals surface area contributed by atoms with Crippen molar-refractivity contribution in [1.82, 2.24) is 5.32 Å². The van der Waals surface area contributed by atoms with Crippen LogP contribution in [0.4, 0.5) is 11.4 Å². The number of hydrogen-bond acceptors (Lipinski definition) is 4. The van der Waals surface area contributed by atoms with Crippen LogP contribution < -0.4 is 10.6 Å². The molecule has 2 rings (SSSR count). The molecule has 114 valence electrons. The smallest absolute Gasteiger partial charge is 0.272 e. The Kier molecular flexibility index (Phi) is 4.57. The summed E-state index contributed by atoms with van der Waals surface area (Å²) in [6.07, 6.45) is 2.44. The minimum atomic E-state index is -0.415. The fourth-order valence-electron chi connectivity index (χ4n) is 2.85. The van der Waals surface area contributed by atoms with Gasteiger partial charge in [-0.25, -0.2) is 0 Å². The molecule has 1 fully saturated rings. The zero-order valence-electron chi connectivity index (χ0n) is 12.4. The molecule has 0 aliphatic carbocycles. The fraction of sp³-hybridized carbons (Fsp3) is 0.533. The zero-order valence-corrected chi connectivity index (χ0v) is 12.4. The van der Waals surface area contributed by atoms with Crippen molar-refractivity contribution in [3.05, 3.63) is 33.9 Å². The highest BCUT2D eigenvalue weighted by Gasteiger charge is 2.37. The van der Waals surface area contributed by atoms with Crippen LogP contribution >= 0.6 is 0 Å². The lowest BCUT2D eigenvalue weighted by Gasteiger charge is -2.35. The first-order valence-electron chi connectivity index (χ1n) is 7.26. The predicted molar refractivity (Wildman–Crippen MR) is 81.3 cm³/mol. The summed E-state index contributed by atoms with van der Waals surface area (Å²) < 4.78 is 0. The zero-order chi connectivity index (χ0) is 15.5. The van der Waals surface area contributed by atoms with Gasteiger partial charge in [0.1, 0.15) is 0 Å². The molecule has 1 aromatic carbocycles. The van der Waals surface area contributed by atoms with Crippen molar-refractivity contribution < 1.29 is 9.72 Å². The van der Waals surface area contributed by atoms with Crippen molar-refractivity contribution in [1.29, 1.82) is 0 Å². The van der Waals surface area contributed by atoms with E-state index in [4.69, 9.17) is 0 Å². The Balaban J connectivity index is 2.15. The normalized spacial score (nSPS) is 17.2. The number of aryl methyl sites for hydroxylation is 1. The largest absolute Gasteiger partial charge is 0.326 e. The van der Waals surface area contributed by atoms with Crippen LogP contribution in [-0.2, 0) is 4.79 Å². The second-order valence-electron chi connectivity index (χ2n) is 5.60. The molecular weight excluding hydrogens is 270 g/mol. The molecule has 0 saturated carbocycles. The van der Waals surface area contributed by atoms with E-state index < -0.39 is 4.92 Å². The number of carbonyl (C=O) groups is 1. The first-order chi connectivity index (χ1) is 9.98. The van der Waals surface area contributed by atoms with Crippen LogP contribution in [0, 0.1) is 22.5 Å². The molecule has 1 heterocycles. The molecule has 0 atom stereocenters. The summed E-state index contributed by atoms with van der Waals surface area (Å²) in [6.45, 7) is 5.40. The summed E-state index contributed by atoms with van der Waals surface area (Å²) in [5.74, 6) is 0.0137. The number of piperidine rings is 1. The number of nitro groups is 1. The van der Waals surface area contributed by atoms with Gasteiger partial charge in [0.2, 0.25) is 5.91 Å². The molecule has 6 nitrogen and oxygen atoms in total. The van der Waals surface area contributed by atoms with Gasteiger partial charge < -0.3 is 10.6 Å². The molecule has 0 unspecified atom stereocenters. The van der Waals surface area contributed by atoms with Crippen molar-refractivity contribution in [2.45, 2.75) is 33.1 Å². The Labute approximate surface area is 124 Å². The monoisotopic (exact) mass is 291 g/mol. The maximum atomic E-state index is 12.6. The van der Waals surface area contributed by atoms with E-state index in [2.05, 4.69) is 10.6 Å². The molecule has 0 spiro atoms. The first kappa shape index (κ1) is 15.4. The van der Waals surface area contributed by atoms with E-state index in [1.54, 1.807) is 19.1 Å². The van der Waals surface area contributed by atoms with Gasteiger partial charge in [-0.2, -0.15) is 0 Å². The van der Waals surface area contributed by atoms with Crippen LogP contribution in [0.2, 0.25) is 0 Å². The summed E-state index contributed by atoms with van der Waals surface area (Å²) in [7, 11) is 0. The number of benzene rings is 1. The van der Waals surface area contributed by atoms with E-state index in [0.717, 1.165) is 32.4 Å². The molecule has 1 amide bonds. The van der Waals surface area contributed by atoms with Gasteiger partial charge in [-0.1, -0.05) is 6.92 Å². The van der Waals surface area contributed by atoms with Gasteiger partial charge in [0, 0.05) is 17.3 Å². The third-order valence-electron chi connectivity index (χ3n) is 4.37. The quantitative estimate of drug-likeness (QED) is 0.659. The molecule has 6 heteroatoms. The highest BCUT2D eigenvalue weighted by atomic mass is 16.6. The maximum absolute atomic E-state index is 12.6. The molecule has 1 saturated heterocycles.